The highest BCUT2D eigenvalue weighted by Crippen LogP contribution is 2.36. The van der Waals surface area contributed by atoms with E-state index in [1.807, 2.05) is 48.5 Å². The van der Waals surface area contributed by atoms with E-state index in [-0.39, 0.29) is 11.8 Å². The van der Waals surface area contributed by atoms with Gasteiger partial charge in [-0.15, -0.1) is 0 Å². The van der Waals surface area contributed by atoms with Gasteiger partial charge in [0.1, 0.15) is 17.1 Å². The van der Waals surface area contributed by atoms with Gasteiger partial charge >= 0.3 is 11.9 Å². The summed E-state index contributed by atoms with van der Waals surface area (Å²) in [6.07, 6.45) is -1.55. The number of ether oxygens (including phenoxy) is 2. The summed E-state index contributed by atoms with van der Waals surface area (Å²) in [6, 6.07) is 34.2. The van der Waals surface area contributed by atoms with Crippen molar-refractivity contribution in [3.8, 4) is 11.3 Å². The summed E-state index contributed by atoms with van der Waals surface area (Å²) in [7, 11) is 0. The Kier molecular flexibility index (Phi) is 8.09. The van der Waals surface area contributed by atoms with Crippen LogP contribution < -0.4 is 5.32 Å². The van der Waals surface area contributed by atoms with Gasteiger partial charge in [0.2, 0.25) is 0 Å². The Labute approximate surface area is 269 Å². The minimum Gasteiger partial charge on any atom is -0.454 e. The Morgan fingerprint density at radius 3 is 2.15 bits per heavy atom. The van der Waals surface area contributed by atoms with E-state index in [0.717, 1.165) is 16.3 Å². The van der Waals surface area contributed by atoms with Crippen molar-refractivity contribution in [1.29, 1.82) is 0 Å². The fraction of sp³-hybridized carbons (Fsp3) is 0.167. The monoisotopic (exact) mass is 632 g/mol. The second-order valence-electron chi connectivity index (χ2n) is 11.2. The fourth-order valence-corrected chi connectivity index (χ4v) is 6.26. The number of hydrogen-bond donors (Lipinski definition) is 2. The van der Waals surface area contributed by atoms with Crippen LogP contribution in [0.15, 0.2) is 115 Å². The summed E-state index contributed by atoms with van der Waals surface area (Å²) in [5.74, 6) is -1.17. The van der Waals surface area contributed by atoms with Crippen LogP contribution in [0.25, 0.3) is 27.7 Å². The molecule has 0 amide bonds. The zero-order valence-electron chi connectivity index (χ0n) is 24.5. The molecule has 0 unspecified atom stereocenters. The minimum atomic E-state index is -0.951. The molecule has 7 rings (SSSR count). The fourth-order valence-electron chi connectivity index (χ4n) is 6.07. The standard InChI is InChI=1S/C36H29ClN4O5/c37-30-20-32(41-31(39-30)19-28(40-41)27-17-9-15-22-10-7-8-16-26(22)27)38-29-18-25(21-42)33(45-35(43)23-11-3-1-4-12-23)34(29)46-36(44)24-13-5-2-6-14-24/h1-17,19-20,25,29,33-34,38,42H,18,21H2/t25-,29-,33-,34+/m1/s1. The van der Waals surface area contributed by atoms with Crippen LogP contribution in [0, 0.1) is 5.92 Å². The minimum absolute atomic E-state index is 0.237. The lowest BCUT2D eigenvalue weighted by atomic mass is 10.0. The quantitative estimate of drug-likeness (QED) is 0.145. The smallest absolute Gasteiger partial charge is 0.338 e. The third kappa shape index (κ3) is 5.78. The number of halogens is 1. The SMILES string of the molecule is O=C(O[C@@H]1[C@@H](CO)C[C@@H](Nc2cc(Cl)nc3cc(-c4cccc5ccccc45)nn23)[C@@H]1OC(=O)c1ccccc1)c1ccccc1. The summed E-state index contributed by atoms with van der Waals surface area (Å²) >= 11 is 6.49. The van der Waals surface area contributed by atoms with Crippen molar-refractivity contribution in [3.05, 3.63) is 132 Å². The topological polar surface area (TPSA) is 115 Å². The highest BCUT2D eigenvalue weighted by molar-refractivity contribution is 6.29. The molecule has 10 heteroatoms. The molecule has 4 aromatic carbocycles. The number of anilines is 1. The van der Waals surface area contributed by atoms with Crippen molar-refractivity contribution in [2.75, 3.05) is 11.9 Å². The Hall–Kier alpha value is -5.25. The molecule has 2 heterocycles. The Balaban J connectivity index is 1.25. The largest absolute Gasteiger partial charge is 0.454 e. The van der Waals surface area contributed by atoms with Gasteiger partial charge in [0.05, 0.1) is 22.9 Å². The maximum atomic E-state index is 13.3. The van der Waals surface area contributed by atoms with Crippen LogP contribution in [0.5, 0.6) is 0 Å². The number of carbonyl (C=O) groups is 2. The van der Waals surface area contributed by atoms with Gasteiger partial charge in [-0.05, 0) is 41.5 Å². The molecule has 230 valence electrons. The van der Waals surface area contributed by atoms with Crippen molar-refractivity contribution in [2.24, 2.45) is 5.92 Å². The van der Waals surface area contributed by atoms with Crippen LogP contribution in [-0.4, -0.2) is 56.5 Å². The van der Waals surface area contributed by atoms with Gasteiger partial charge in [-0.2, -0.15) is 9.61 Å². The van der Waals surface area contributed by atoms with E-state index in [9.17, 15) is 14.7 Å². The van der Waals surface area contributed by atoms with Crippen LogP contribution in [-0.2, 0) is 9.47 Å². The second kappa shape index (κ2) is 12.6. The van der Waals surface area contributed by atoms with Gasteiger partial charge in [0, 0.05) is 30.2 Å². The molecule has 0 radical (unpaired) electrons. The van der Waals surface area contributed by atoms with Crippen molar-refractivity contribution in [2.45, 2.75) is 24.7 Å². The van der Waals surface area contributed by atoms with Gasteiger partial charge in [-0.25, -0.2) is 14.6 Å². The summed E-state index contributed by atoms with van der Waals surface area (Å²) in [6.45, 7) is -0.288. The molecule has 1 aliphatic rings. The molecule has 0 bridgehead atoms. The predicted octanol–water partition coefficient (Wildman–Crippen LogP) is 6.45. The predicted molar refractivity (Wildman–Crippen MR) is 175 cm³/mol. The molecule has 2 N–H and O–H groups in total. The van der Waals surface area contributed by atoms with Gasteiger partial charge in [-0.3, -0.25) is 0 Å². The van der Waals surface area contributed by atoms with Gasteiger partial charge < -0.3 is 19.9 Å². The molecule has 0 saturated heterocycles. The molecule has 1 saturated carbocycles. The Morgan fingerprint density at radius 2 is 1.46 bits per heavy atom. The Morgan fingerprint density at radius 1 is 0.826 bits per heavy atom. The first-order chi connectivity index (χ1) is 22.5. The number of nitrogens with zero attached hydrogens (tertiary/aromatic N) is 3. The van der Waals surface area contributed by atoms with Crippen LogP contribution in [0.3, 0.4) is 0 Å². The van der Waals surface area contributed by atoms with Gasteiger partial charge in [0.25, 0.3) is 0 Å². The number of esters is 2. The maximum absolute atomic E-state index is 13.3. The molecular weight excluding hydrogens is 604 g/mol. The van der Waals surface area contributed by atoms with Crippen molar-refractivity contribution in [3.63, 3.8) is 0 Å². The third-order valence-corrected chi connectivity index (χ3v) is 8.47. The van der Waals surface area contributed by atoms with Crippen molar-refractivity contribution in [1.82, 2.24) is 14.6 Å². The van der Waals surface area contributed by atoms with E-state index in [2.05, 4.69) is 10.3 Å². The van der Waals surface area contributed by atoms with E-state index in [1.165, 1.54) is 0 Å². The lowest BCUT2D eigenvalue weighted by Gasteiger charge is -2.27. The molecule has 4 atom stereocenters. The molecule has 46 heavy (non-hydrogen) atoms. The first-order valence-corrected chi connectivity index (χ1v) is 15.3. The number of nitrogens with one attached hydrogen (secondary N) is 1. The molecule has 1 fully saturated rings. The molecule has 2 aromatic heterocycles. The van der Waals surface area contributed by atoms with Gasteiger partial charge in [-0.1, -0.05) is 90.5 Å². The van der Waals surface area contributed by atoms with Crippen LogP contribution in [0.4, 0.5) is 5.82 Å². The number of hydrogen-bond acceptors (Lipinski definition) is 8. The molecule has 6 aromatic rings. The summed E-state index contributed by atoms with van der Waals surface area (Å²) < 4.78 is 13.7. The third-order valence-electron chi connectivity index (χ3n) is 8.28. The normalized spacial score (nSPS) is 19.3. The van der Waals surface area contributed by atoms with E-state index < -0.39 is 36.1 Å². The Bertz CT molecular complexity index is 2030. The maximum Gasteiger partial charge on any atom is 0.338 e. The van der Waals surface area contributed by atoms with Crippen LogP contribution in [0.2, 0.25) is 5.15 Å². The van der Waals surface area contributed by atoms with Crippen molar-refractivity contribution >= 4 is 45.8 Å². The van der Waals surface area contributed by atoms with Gasteiger partial charge in [0.15, 0.2) is 11.8 Å². The molecule has 9 nitrogen and oxygen atoms in total. The average Bonchev–Trinajstić information content (AvgIpc) is 3.66. The number of carbonyl (C=O) groups excluding carboxylic acids is 2. The van der Waals surface area contributed by atoms with E-state index in [4.69, 9.17) is 26.2 Å². The molecular formula is C36H29ClN4O5. The highest BCUT2D eigenvalue weighted by atomic mass is 35.5. The zero-order chi connectivity index (χ0) is 31.6. The summed E-state index contributed by atoms with van der Waals surface area (Å²) in [5, 5.41) is 21.1. The number of aromatic nitrogens is 3. The first-order valence-electron chi connectivity index (χ1n) is 14.9. The lowest BCUT2D eigenvalue weighted by Crippen LogP contribution is -2.42. The van der Waals surface area contributed by atoms with E-state index in [1.54, 1.807) is 71.2 Å². The number of aliphatic hydroxyl groups is 1. The molecule has 0 aliphatic heterocycles. The lowest BCUT2D eigenvalue weighted by molar-refractivity contribution is -0.0424. The van der Waals surface area contributed by atoms with Crippen LogP contribution in [0.1, 0.15) is 27.1 Å². The first kappa shape index (κ1) is 29.5. The van der Waals surface area contributed by atoms with E-state index in [0.29, 0.717) is 34.7 Å². The number of fused-ring (bicyclic) bond motifs is 2. The number of benzene rings is 4. The number of aliphatic hydroxyl groups excluding tert-OH is 1. The number of rotatable bonds is 8. The van der Waals surface area contributed by atoms with E-state index >= 15 is 0 Å². The summed E-state index contributed by atoms with van der Waals surface area (Å²) in [5.41, 5.74) is 2.86. The second-order valence-corrected chi connectivity index (χ2v) is 11.6. The molecule has 1 aliphatic carbocycles. The average molecular weight is 633 g/mol. The van der Waals surface area contributed by atoms with Crippen molar-refractivity contribution < 1.29 is 24.2 Å². The zero-order valence-corrected chi connectivity index (χ0v) is 25.2. The molecule has 0 spiro atoms. The highest BCUT2D eigenvalue weighted by Gasteiger charge is 2.48. The van der Waals surface area contributed by atoms with Crippen LogP contribution >= 0.6 is 11.6 Å². The summed E-state index contributed by atoms with van der Waals surface area (Å²) in [4.78, 5) is 31.0.